The second kappa shape index (κ2) is 12.4. The molecule has 1 fully saturated rings. The van der Waals surface area contributed by atoms with Crippen LogP contribution in [0.4, 0.5) is 0 Å². The Balaban J connectivity index is 1.45. The molecular weight excluding hydrogens is 408 g/mol. The van der Waals surface area contributed by atoms with Crippen molar-refractivity contribution in [3.05, 3.63) is 107 Å². The van der Waals surface area contributed by atoms with Crippen LogP contribution in [-0.4, -0.2) is 47.8 Å². The number of hydrogen-bond donors (Lipinski definition) is 0. The quantitative estimate of drug-likeness (QED) is 0.457. The maximum atomic E-state index is 12.5. The fraction of sp³-hybridized carbons (Fsp3) is 0.241. The van der Waals surface area contributed by atoms with E-state index in [4.69, 9.17) is 0 Å². The molecule has 0 unspecified atom stereocenters. The van der Waals surface area contributed by atoms with E-state index < -0.39 is 0 Å². The minimum absolute atomic E-state index is 0.0190. The molecule has 4 nitrogen and oxygen atoms in total. The average molecular weight is 441 g/mol. The largest absolute Gasteiger partial charge is 0.337 e. The highest BCUT2D eigenvalue weighted by atomic mass is 16.2. The van der Waals surface area contributed by atoms with Crippen LogP contribution in [0.1, 0.15) is 28.7 Å². The number of rotatable bonds is 6. The summed E-state index contributed by atoms with van der Waals surface area (Å²) in [6.45, 7) is 6.52. The molecule has 2 aromatic rings. The number of allylic oxidation sites excluding steroid dienone is 4. The SMILES string of the molecule is Cc1ccc(/C=C/C=C/C(=O)N2CCCN(C(=O)/C=C/C=C/c3ccc(C)cc3)CC2)cc1. The fourth-order valence-electron chi connectivity index (χ4n) is 3.53. The van der Waals surface area contributed by atoms with Crippen molar-refractivity contribution in [2.75, 3.05) is 26.2 Å². The minimum atomic E-state index is -0.0190. The van der Waals surface area contributed by atoms with E-state index in [1.165, 1.54) is 11.1 Å². The second-order valence-electron chi connectivity index (χ2n) is 8.26. The standard InChI is InChI=1S/C29H32N2O2/c1-24-12-16-26(17-13-24)8-3-5-10-28(32)30-20-7-21-31(23-22-30)29(33)11-6-4-9-27-18-14-25(2)15-19-27/h3-6,8-19H,7,20-23H2,1-2H3/b8-3+,9-4+,10-5+,11-6+. The first-order chi connectivity index (χ1) is 16.0. The van der Waals surface area contributed by atoms with Crippen molar-refractivity contribution >= 4 is 24.0 Å². The number of nitrogens with zero attached hydrogens (tertiary/aromatic N) is 2. The van der Waals surface area contributed by atoms with Crippen LogP contribution in [0.3, 0.4) is 0 Å². The molecule has 0 bridgehead atoms. The fourth-order valence-corrected chi connectivity index (χ4v) is 3.53. The summed E-state index contributed by atoms with van der Waals surface area (Å²) in [4.78, 5) is 28.7. The van der Waals surface area contributed by atoms with Gasteiger partial charge in [-0.15, -0.1) is 0 Å². The van der Waals surface area contributed by atoms with Gasteiger partial charge in [0.1, 0.15) is 0 Å². The van der Waals surface area contributed by atoms with Gasteiger partial charge < -0.3 is 9.80 Å². The highest BCUT2D eigenvalue weighted by Gasteiger charge is 2.19. The summed E-state index contributed by atoms with van der Waals surface area (Å²) in [5, 5.41) is 0. The molecule has 1 aliphatic rings. The van der Waals surface area contributed by atoms with Gasteiger partial charge in [0.05, 0.1) is 0 Å². The summed E-state index contributed by atoms with van der Waals surface area (Å²) >= 11 is 0. The molecule has 33 heavy (non-hydrogen) atoms. The Kier molecular flexibility index (Phi) is 9.01. The lowest BCUT2D eigenvalue weighted by Crippen LogP contribution is -2.36. The Labute approximate surface area is 197 Å². The lowest BCUT2D eigenvalue weighted by Gasteiger charge is -2.20. The van der Waals surface area contributed by atoms with Crippen molar-refractivity contribution in [1.82, 2.24) is 9.80 Å². The molecule has 2 aromatic carbocycles. The summed E-state index contributed by atoms with van der Waals surface area (Å²) in [6, 6.07) is 16.5. The third-order valence-electron chi connectivity index (χ3n) is 5.55. The number of carbonyl (C=O) groups is 2. The molecular formula is C29H32N2O2. The van der Waals surface area contributed by atoms with Gasteiger partial charge in [0.2, 0.25) is 11.8 Å². The van der Waals surface area contributed by atoms with Crippen LogP contribution < -0.4 is 0 Å². The average Bonchev–Trinajstić information content (AvgIpc) is 3.08. The zero-order valence-electron chi connectivity index (χ0n) is 19.5. The van der Waals surface area contributed by atoms with Gasteiger partial charge in [0.15, 0.2) is 0 Å². The predicted molar refractivity (Wildman–Crippen MR) is 136 cm³/mol. The number of carbonyl (C=O) groups excluding carboxylic acids is 2. The summed E-state index contributed by atoms with van der Waals surface area (Å²) in [5.74, 6) is -0.0381. The highest BCUT2D eigenvalue weighted by molar-refractivity contribution is 5.89. The van der Waals surface area contributed by atoms with E-state index in [1.54, 1.807) is 24.3 Å². The zero-order valence-corrected chi connectivity index (χ0v) is 19.5. The van der Waals surface area contributed by atoms with Crippen molar-refractivity contribution in [2.24, 2.45) is 0 Å². The Morgan fingerprint density at radius 1 is 0.606 bits per heavy atom. The van der Waals surface area contributed by atoms with Gasteiger partial charge in [0.25, 0.3) is 0 Å². The molecule has 0 N–H and O–H groups in total. The van der Waals surface area contributed by atoms with E-state index in [-0.39, 0.29) is 11.8 Å². The van der Waals surface area contributed by atoms with E-state index in [2.05, 4.69) is 62.4 Å². The van der Waals surface area contributed by atoms with Crippen LogP contribution in [0, 0.1) is 13.8 Å². The molecule has 3 rings (SSSR count). The molecule has 1 saturated heterocycles. The topological polar surface area (TPSA) is 40.6 Å². The normalized spacial score (nSPS) is 15.2. The molecule has 0 spiro atoms. The molecule has 1 aliphatic heterocycles. The van der Waals surface area contributed by atoms with Gasteiger partial charge >= 0.3 is 0 Å². The molecule has 0 saturated carbocycles. The summed E-state index contributed by atoms with van der Waals surface area (Å²) in [5.41, 5.74) is 4.65. The Hall–Kier alpha value is -3.66. The molecule has 170 valence electrons. The summed E-state index contributed by atoms with van der Waals surface area (Å²) in [7, 11) is 0. The lowest BCUT2D eigenvalue weighted by atomic mass is 10.1. The first-order valence-corrected chi connectivity index (χ1v) is 11.4. The summed E-state index contributed by atoms with van der Waals surface area (Å²) in [6.07, 6.45) is 15.2. The maximum Gasteiger partial charge on any atom is 0.246 e. The van der Waals surface area contributed by atoms with E-state index >= 15 is 0 Å². The van der Waals surface area contributed by atoms with Gasteiger partial charge in [-0.1, -0.05) is 96.1 Å². The van der Waals surface area contributed by atoms with E-state index in [9.17, 15) is 9.59 Å². The van der Waals surface area contributed by atoms with Crippen LogP contribution in [0.25, 0.3) is 12.2 Å². The van der Waals surface area contributed by atoms with Crippen LogP contribution >= 0.6 is 0 Å². The third-order valence-corrected chi connectivity index (χ3v) is 5.55. The van der Waals surface area contributed by atoms with Gasteiger partial charge in [-0.05, 0) is 31.4 Å². The number of hydrogen-bond acceptors (Lipinski definition) is 2. The first-order valence-electron chi connectivity index (χ1n) is 11.4. The van der Waals surface area contributed by atoms with Crippen molar-refractivity contribution in [3.63, 3.8) is 0 Å². The lowest BCUT2D eigenvalue weighted by molar-refractivity contribution is -0.128. The number of amides is 2. The second-order valence-corrected chi connectivity index (χ2v) is 8.26. The van der Waals surface area contributed by atoms with Gasteiger partial charge in [-0.2, -0.15) is 0 Å². The van der Waals surface area contributed by atoms with Crippen molar-refractivity contribution < 1.29 is 9.59 Å². The highest BCUT2D eigenvalue weighted by Crippen LogP contribution is 2.08. The first kappa shape index (κ1) is 24.0. The smallest absolute Gasteiger partial charge is 0.246 e. The zero-order chi connectivity index (χ0) is 23.5. The van der Waals surface area contributed by atoms with Crippen LogP contribution in [0.5, 0.6) is 0 Å². The van der Waals surface area contributed by atoms with E-state index in [0.29, 0.717) is 26.2 Å². The maximum absolute atomic E-state index is 12.5. The molecule has 0 aromatic heterocycles. The predicted octanol–water partition coefficient (Wildman–Crippen LogP) is 5.20. The van der Waals surface area contributed by atoms with Crippen molar-refractivity contribution in [1.29, 1.82) is 0 Å². The van der Waals surface area contributed by atoms with Gasteiger partial charge in [-0.25, -0.2) is 0 Å². The molecule has 2 amide bonds. The minimum Gasteiger partial charge on any atom is -0.337 e. The van der Waals surface area contributed by atoms with Gasteiger partial charge in [0, 0.05) is 38.3 Å². The molecule has 4 heteroatoms. The van der Waals surface area contributed by atoms with Gasteiger partial charge in [-0.3, -0.25) is 9.59 Å². The molecule has 1 heterocycles. The third kappa shape index (κ3) is 8.08. The molecule has 0 atom stereocenters. The number of aryl methyl sites for hydroxylation is 2. The number of benzene rings is 2. The molecule has 0 radical (unpaired) electrons. The Bertz CT molecular complexity index is 959. The van der Waals surface area contributed by atoms with Crippen LogP contribution in [0.15, 0.2) is 85.0 Å². The summed E-state index contributed by atoms with van der Waals surface area (Å²) < 4.78 is 0. The Morgan fingerprint density at radius 2 is 1.00 bits per heavy atom. The van der Waals surface area contributed by atoms with Crippen LogP contribution in [-0.2, 0) is 9.59 Å². The van der Waals surface area contributed by atoms with Crippen molar-refractivity contribution in [3.8, 4) is 0 Å². The van der Waals surface area contributed by atoms with E-state index in [1.807, 2.05) is 34.1 Å². The molecule has 0 aliphatic carbocycles. The van der Waals surface area contributed by atoms with E-state index in [0.717, 1.165) is 17.5 Å². The monoisotopic (exact) mass is 440 g/mol. The van der Waals surface area contributed by atoms with Crippen LogP contribution in [0.2, 0.25) is 0 Å². The van der Waals surface area contributed by atoms with Crippen molar-refractivity contribution in [2.45, 2.75) is 20.3 Å². The Morgan fingerprint density at radius 3 is 1.39 bits per heavy atom.